The highest BCUT2D eigenvalue weighted by Gasteiger charge is 2.10. The summed E-state index contributed by atoms with van der Waals surface area (Å²) in [6.07, 6.45) is 6.05. The van der Waals surface area contributed by atoms with E-state index in [-0.39, 0.29) is 0 Å². The molecule has 0 aliphatic carbocycles. The molecule has 0 spiro atoms. The van der Waals surface area contributed by atoms with Crippen LogP contribution in [-0.2, 0) is 19.6 Å². The largest absolute Gasteiger partial charge is 0.486 e. The first-order valence-electron chi connectivity index (χ1n) is 9.47. The van der Waals surface area contributed by atoms with Crippen molar-refractivity contribution in [1.82, 2.24) is 9.55 Å². The van der Waals surface area contributed by atoms with Crippen molar-refractivity contribution in [1.29, 1.82) is 0 Å². The Balaban J connectivity index is 1.74. The number of hydrogen-bond acceptors (Lipinski definition) is 2. The summed E-state index contributed by atoms with van der Waals surface area (Å²) < 4.78 is 8.33. The molecule has 0 amide bonds. The van der Waals surface area contributed by atoms with Crippen LogP contribution in [0.4, 0.5) is 0 Å². The number of aryl methyl sites for hydroxylation is 2. The Kier molecular flexibility index (Phi) is 6.10. The van der Waals surface area contributed by atoms with E-state index in [1.807, 2.05) is 18.2 Å². The second kappa shape index (κ2) is 8.70. The minimum absolute atomic E-state index is 0.508. The zero-order chi connectivity index (χ0) is 17.5. The molecule has 3 rings (SSSR count). The van der Waals surface area contributed by atoms with E-state index in [1.165, 1.54) is 36.8 Å². The predicted molar refractivity (Wildman–Crippen MR) is 104 cm³/mol. The van der Waals surface area contributed by atoms with Crippen molar-refractivity contribution in [3.8, 4) is 5.75 Å². The minimum Gasteiger partial charge on any atom is -0.486 e. The summed E-state index contributed by atoms with van der Waals surface area (Å²) in [5.41, 5.74) is 3.59. The Morgan fingerprint density at radius 3 is 2.48 bits per heavy atom. The van der Waals surface area contributed by atoms with Gasteiger partial charge in [0.2, 0.25) is 0 Å². The van der Waals surface area contributed by atoms with E-state index < -0.39 is 0 Å². The monoisotopic (exact) mass is 336 g/mol. The predicted octanol–water partition coefficient (Wildman–Crippen LogP) is 5.76. The van der Waals surface area contributed by atoms with Gasteiger partial charge in [0, 0.05) is 6.54 Å². The lowest BCUT2D eigenvalue weighted by atomic mass is 10.2. The van der Waals surface area contributed by atoms with E-state index in [1.54, 1.807) is 0 Å². The van der Waals surface area contributed by atoms with Gasteiger partial charge in [-0.1, -0.05) is 57.4 Å². The Hall–Kier alpha value is -2.29. The molecule has 0 fully saturated rings. The highest BCUT2D eigenvalue weighted by atomic mass is 16.5. The van der Waals surface area contributed by atoms with Crippen molar-refractivity contribution >= 4 is 11.0 Å². The van der Waals surface area contributed by atoms with E-state index in [2.05, 4.69) is 48.7 Å². The number of unbranched alkanes of at least 4 members (excludes halogenated alkanes) is 3. The second-order valence-electron chi connectivity index (χ2n) is 6.52. The number of nitrogens with zero attached hydrogens (tertiary/aromatic N) is 2. The normalized spacial score (nSPS) is 11.1. The molecule has 0 saturated heterocycles. The summed E-state index contributed by atoms with van der Waals surface area (Å²) >= 11 is 0. The lowest BCUT2D eigenvalue weighted by Crippen LogP contribution is -2.07. The fourth-order valence-electron chi connectivity index (χ4n) is 3.15. The highest BCUT2D eigenvalue weighted by Crippen LogP contribution is 2.20. The molecular weight excluding hydrogens is 308 g/mol. The van der Waals surface area contributed by atoms with E-state index in [4.69, 9.17) is 9.72 Å². The molecule has 132 valence electrons. The molecule has 0 radical (unpaired) electrons. The third kappa shape index (κ3) is 4.41. The number of hydrogen-bond donors (Lipinski definition) is 0. The molecule has 0 aliphatic rings. The third-order valence-corrected chi connectivity index (χ3v) is 4.67. The first-order chi connectivity index (χ1) is 12.3. The van der Waals surface area contributed by atoms with Crippen LogP contribution >= 0.6 is 0 Å². The third-order valence-electron chi connectivity index (χ3n) is 4.67. The maximum Gasteiger partial charge on any atom is 0.147 e. The van der Waals surface area contributed by atoms with Gasteiger partial charge < -0.3 is 9.30 Å². The van der Waals surface area contributed by atoms with Crippen LogP contribution in [0.2, 0.25) is 0 Å². The number of para-hydroxylation sites is 2. The summed E-state index contributed by atoms with van der Waals surface area (Å²) in [6.45, 7) is 5.92. The van der Waals surface area contributed by atoms with Crippen LogP contribution < -0.4 is 4.74 Å². The smallest absolute Gasteiger partial charge is 0.147 e. The van der Waals surface area contributed by atoms with Gasteiger partial charge in [0.05, 0.1) is 11.0 Å². The molecule has 0 aliphatic heterocycles. The van der Waals surface area contributed by atoms with Gasteiger partial charge in [0.25, 0.3) is 0 Å². The Morgan fingerprint density at radius 1 is 0.920 bits per heavy atom. The van der Waals surface area contributed by atoms with E-state index >= 15 is 0 Å². The van der Waals surface area contributed by atoms with Crippen molar-refractivity contribution in [3.05, 3.63) is 59.9 Å². The number of rotatable bonds is 9. The Morgan fingerprint density at radius 2 is 1.72 bits per heavy atom. The van der Waals surface area contributed by atoms with Crippen molar-refractivity contribution in [3.63, 3.8) is 0 Å². The maximum absolute atomic E-state index is 6.01. The van der Waals surface area contributed by atoms with Gasteiger partial charge in [0.15, 0.2) is 0 Å². The van der Waals surface area contributed by atoms with Gasteiger partial charge in [-0.15, -0.1) is 0 Å². The van der Waals surface area contributed by atoms with Crippen LogP contribution in [0.5, 0.6) is 5.75 Å². The Labute approximate surface area is 150 Å². The maximum atomic E-state index is 6.01. The summed E-state index contributed by atoms with van der Waals surface area (Å²) in [4.78, 5) is 4.80. The molecule has 0 atom stereocenters. The molecular formula is C22H28N2O. The zero-order valence-corrected chi connectivity index (χ0v) is 15.4. The first-order valence-corrected chi connectivity index (χ1v) is 9.47. The molecule has 0 N–H and O–H groups in total. The highest BCUT2D eigenvalue weighted by molar-refractivity contribution is 5.75. The topological polar surface area (TPSA) is 27.1 Å². The molecule has 25 heavy (non-hydrogen) atoms. The van der Waals surface area contributed by atoms with E-state index in [0.717, 1.165) is 30.1 Å². The molecule has 0 bridgehead atoms. The minimum atomic E-state index is 0.508. The van der Waals surface area contributed by atoms with Crippen molar-refractivity contribution < 1.29 is 4.74 Å². The van der Waals surface area contributed by atoms with Gasteiger partial charge in [-0.3, -0.25) is 0 Å². The lowest BCUT2D eigenvalue weighted by Gasteiger charge is -2.11. The zero-order valence-electron chi connectivity index (χ0n) is 15.4. The van der Waals surface area contributed by atoms with Crippen molar-refractivity contribution in [2.24, 2.45) is 0 Å². The fourth-order valence-corrected chi connectivity index (χ4v) is 3.15. The number of imidazole rings is 1. The number of aromatic nitrogens is 2. The Bertz CT molecular complexity index is 789. The van der Waals surface area contributed by atoms with Crippen LogP contribution in [0, 0.1) is 0 Å². The molecule has 3 heteroatoms. The quantitative estimate of drug-likeness (QED) is 0.465. The molecule has 3 aromatic rings. The molecule has 2 aromatic carbocycles. The molecule has 0 unspecified atom stereocenters. The van der Waals surface area contributed by atoms with Crippen LogP contribution in [-0.4, -0.2) is 9.55 Å². The number of fused-ring (bicyclic) bond motifs is 1. The SMILES string of the molecule is CCCCCCn1c(COc2ccc(CC)cc2)nc2ccccc21. The van der Waals surface area contributed by atoms with Gasteiger partial charge in [0.1, 0.15) is 18.2 Å². The summed E-state index contributed by atoms with van der Waals surface area (Å²) in [5.74, 6) is 1.92. The van der Waals surface area contributed by atoms with Crippen molar-refractivity contribution in [2.75, 3.05) is 0 Å². The van der Waals surface area contributed by atoms with Gasteiger partial charge in [-0.25, -0.2) is 4.98 Å². The standard InChI is InChI=1S/C22H28N2O/c1-3-5-6-9-16-24-21-11-8-7-10-20(21)23-22(24)17-25-19-14-12-18(4-2)13-15-19/h7-8,10-15H,3-6,9,16-17H2,1-2H3. The van der Waals surface area contributed by atoms with Crippen LogP contribution in [0.3, 0.4) is 0 Å². The molecule has 1 aromatic heterocycles. The lowest BCUT2D eigenvalue weighted by molar-refractivity contribution is 0.289. The number of benzene rings is 2. The summed E-state index contributed by atoms with van der Waals surface area (Å²) in [6, 6.07) is 16.7. The van der Waals surface area contributed by atoms with E-state index in [9.17, 15) is 0 Å². The fraction of sp³-hybridized carbons (Fsp3) is 0.409. The van der Waals surface area contributed by atoms with Gasteiger partial charge in [-0.05, 0) is 42.7 Å². The van der Waals surface area contributed by atoms with Crippen LogP contribution in [0.15, 0.2) is 48.5 Å². The average Bonchev–Trinajstić information content (AvgIpc) is 3.01. The molecule has 3 nitrogen and oxygen atoms in total. The summed E-state index contributed by atoms with van der Waals surface area (Å²) in [5, 5.41) is 0. The number of ether oxygens (including phenoxy) is 1. The molecule has 1 heterocycles. The van der Waals surface area contributed by atoms with Crippen LogP contribution in [0.1, 0.15) is 50.9 Å². The van der Waals surface area contributed by atoms with E-state index in [0.29, 0.717) is 6.61 Å². The van der Waals surface area contributed by atoms with Crippen molar-refractivity contribution in [2.45, 2.75) is 59.1 Å². The van der Waals surface area contributed by atoms with Crippen LogP contribution in [0.25, 0.3) is 11.0 Å². The molecule has 0 saturated carbocycles. The van der Waals surface area contributed by atoms with Gasteiger partial charge in [-0.2, -0.15) is 0 Å². The van der Waals surface area contributed by atoms with Gasteiger partial charge >= 0.3 is 0 Å². The average molecular weight is 336 g/mol. The second-order valence-corrected chi connectivity index (χ2v) is 6.52. The first kappa shape index (κ1) is 17.5. The summed E-state index contributed by atoms with van der Waals surface area (Å²) in [7, 11) is 0.